The average Bonchev–Trinajstić information content (AvgIpc) is 3.85. The number of aromatic nitrogens is 3. The lowest BCUT2D eigenvalue weighted by molar-refractivity contribution is 0.669. The second kappa shape index (κ2) is 13.3. The van der Waals surface area contributed by atoms with Gasteiger partial charge in [-0.25, -0.2) is 15.0 Å². The highest BCUT2D eigenvalue weighted by atomic mass is 32.1. The standard InChI is InChI=1S/C51H31N3OS/c1-4-13-32(14-5-1)35-24-26-45-44(30-35)40-25-23-36(31-46(40)55-45)49-52-50(54-51(53-49)43-21-12-20-42-41-19-10-11-22-47(41)56-48(42)43)39-28-37(33-15-6-2-7-16-33)27-38(29-39)34-17-8-3-9-18-34/h1-31H. The highest BCUT2D eigenvalue weighted by Crippen LogP contribution is 2.41. The molecule has 5 heteroatoms. The van der Waals surface area contributed by atoms with Gasteiger partial charge in [-0.15, -0.1) is 11.3 Å². The molecule has 0 fully saturated rings. The Morgan fingerprint density at radius 1 is 0.321 bits per heavy atom. The van der Waals surface area contributed by atoms with Crippen LogP contribution in [0.2, 0.25) is 0 Å². The molecule has 0 N–H and O–H groups in total. The lowest BCUT2D eigenvalue weighted by atomic mass is 9.96. The predicted octanol–water partition coefficient (Wildman–Crippen LogP) is 14.1. The number of fused-ring (bicyclic) bond motifs is 6. The first-order valence-corrected chi connectivity index (χ1v) is 19.5. The summed E-state index contributed by atoms with van der Waals surface area (Å²) in [5.74, 6) is 1.82. The van der Waals surface area contributed by atoms with Crippen molar-refractivity contribution in [2.45, 2.75) is 0 Å². The third kappa shape index (κ3) is 5.65. The molecule has 3 heterocycles. The fourth-order valence-electron chi connectivity index (χ4n) is 7.76. The van der Waals surface area contributed by atoms with Gasteiger partial charge in [0.2, 0.25) is 0 Å². The number of thiophene rings is 1. The van der Waals surface area contributed by atoms with Crippen LogP contribution in [0, 0.1) is 0 Å². The first kappa shape index (κ1) is 32.2. The van der Waals surface area contributed by atoms with Gasteiger partial charge in [-0.2, -0.15) is 0 Å². The van der Waals surface area contributed by atoms with Crippen molar-refractivity contribution in [3.05, 3.63) is 188 Å². The van der Waals surface area contributed by atoms with Crippen LogP contribution in [0.5, 0.6) is 0 Å². The Morgan fingerprint density at radius 2 is 0.893 bits per heavy atom. The largest absolute Gasteiger partial charge is 0.456 e. The Morgan fingerprint density at radius 3 is 1.61 bits per heavy atom. The topological polar surface area (TPSA) is 51.8 Å². The second-order valence-electron chi connectivity index (χ2n) is 14.0. The van der Waals surface area contributed by atoms with Gasteiger partial charge in [0.15, 0.2) is 17.5 Å². The third-order valence-electron chi connectivity index (χ3n) is 10.5. The van der Waals surface area contributed by atoms with Gasteiger partial charge in [-0.05, 0) is 88.0 Å². The molecule has 0 bridgehead atoms. The fraction of sp³-hybridized carbons (Fsp3) is 0. The SMILES string of the molecule is c1ccc(-c2cc(-c3ccccc3)cc(-c3nc(-c4ccc5c(c4)oc4ccc(-c6ccccc6)cc45)nc(-c4cccc5c4sc4ccccc45)n3)c2)cc1. The van der Waals surface area contributed by atoms with E-state index in [1.807, 2.05) is 18.2 Å². The molecule has 0 aliphatic carbocycles. The molecular formula is C51H31N3OS. The van der Waals surface area contributed by atoms with E-state index < -0.39 is 0 Å². The maximum absolute atomic E-state index is 6.49. The van der Waals surface area contributed by atoms with Crippen LogP contribution in [0.1, 0.15) is 0 Å². The molecule has 0 aliphatic heterocycles. The Kier molecular flexibility index (Phi) is 7.64. The van der Waals surface area contributed by atoms with Crippen molar-refractivity contribution in [1.29, 1.82) is 0 Å². The molecule has 0 aliphatic rings. The molecule has 56 heavy (non-hydrogen) atoms. The van der Waals surface area contributed by atoms with E-state index in [9.17, 15) is 0 Å². The normalized spacial score (nSPS) is 11.6. The summed E-state index contributed by atoms with van der Waals surface area (Å²) in [6, 6.07) is 65.7. The Hall–Kier alpha value is -7.21. The summed E-state index contributed by atoms with van der Waals surface area (Å²) in [7, 11) is 0. The molecule has 262 valence electrons. The van der Waals surface area contributed by atoms with Crippen molar-refractivity contribution in [3.63, 3.8) is 0 Å². The minimum absolute atomic E-state index is 0.585. The molecule has 4 nitrogen and oxygen atoms in total. The maximum atomic E-state index is 6.49. The molecule has 0 saturated heterocycles. The van der Waals surface area contributed by atoms with Gasteiger partial charge in [-0.3, -0.25) is 0 Å². The first-order valence-electron chi connectivity index (χ1n) is 18.7. The van der Waals surface area contributed by atoms with E-state index in [-0.39, 0.29) is 0 Å². The van der Waals surface area contributed by atoms with Crippen molar-refractivity contribution in [2.24, 2.45) is 0 Å². The van der Waals surface area contributed by atoms with Gasteiger partial charge in [0.1, 0.15) is 11.2 Å². The Balaban J connectivity index is 1.13. The summed E-state index contributed by atoms with van der Waals surface area (Å²) in [4.78, 5) is 15.8. The first-order chi connectivity index (χ1) is 27.7. The summed E-state index contributed by atoms with van der Waals surface area (Å²) in [6.07, 6.45) is 0. The van der Waals surface area contributed by atoms with Crippen molar-refractivity contribution < 1.29 is 4.42 Å². The van der Waals surface area contributed by atoms with Crippen molar-refractivity contribution in [3.8, 4) is 67.5 Å². The number of nitrogens with zero attached hydrogens (tertiary/aromatic N) is 3. The van der Waals surface area contributed by atoms with Gasteiger partial charge in [0.05, 0.1) is 0 Å². The number of hydrogen-bond acceptors (Lipinski definition) is 5. The van der Waals surface area contributed by atoms with Gasteiger partial charge >= 0.3 is 0 Å². The third-order valence-corrected chi connectivity index (χ3v) is 11.7. The molecule has 8 aromatic carbocycles. The molecule has 11 rings (SSSR count). The van der Waals surface area contributed by atoms with Crippen LogP contribution >= 0.6 is 11.3 Å². The molecule has 0 atom stereocenters. The van der Waals surface area contributed by atoms with E-state index >= 15 is 0 Å². The number of hydrogen-bond donors (Lipinski definition) is 0. The molecule has 11 aromatic rings. The average molecular weight is 734 g/mol. The molecular weight excluding hydrogens is 703 g/mol. The maximum Gasteiger partial charge on any atom is 0.165 e. The molecule has 0 amide bonds. The fourth-order valence-corrected chi connectivity index (χ4v) is 8.97. The van der Waals surface area contributed by atoms with Gasteiger partial charge in [-0.1, -0.05) is 133 Å². The van der Waals surface area contributed by atoms with E-state index in [0.29, 0.717) is 17.5 Å². The van der Waals surface area contributed by atoms with E-state index in [1.165, 1.54) is 21.0 Å². The van der Waals surface area contributed by atoms with Crippen LogP contribution in [0.4, 0.5) is 0 Å². The quantitative estimate of drug-likeness (QED) is 0.171. The van der Waals surface area contributed by atoms with E-state index in [0.717, 1.165) is 71.1 Å². The van der Waals surface area contributed by atoms with E-state index in [2.05, 4.69) is 170 Å². The molecule has 0 unspecified atom stereocenters. The monoisotopic (exact) mass is 733 g/mol. The van der Waals surface area contributed by atoms with E-state index in [4.69, 9.17) is 19.4 Å². The van der Waals surface area contributed by atoms with Crippen LogP contribution in [-0.4, -0.2) is 15.0 Å². The van der Waals surface area contributed by atoms with Crippen LogP contribution in [0.3, 0.4) is 0 Å². The zero-order valence-electron chi connectivity index (χ0n) is 30.1. The number of benzene rings is 8. The Labute approximate surface area is 327 Å². The summed E-state index contributed by atoms with van der Waals surface area (Å²) in [6.45, 7) is 0. The van der Waals surface area contributed by atoms with Crippen LogP contribution in [-0.2, 0) is 0 Å². The predicted molar refractivity (Wildman–Crippen MR) is 233 cm³/mol. The van der Waals surface area contributed by atoms with Crippen LogP contribution < -0.4 is 0 Å². The van der Waals surface area contributed by atoms with Crippen LogP contribution in [0.25, 0.3) is 110 Å². The van der Waals surface area contributed by atoms with Gasteiger partial charge in [0.25, 0.3) is 0 Å². The minimum Gasteiger partial charge on any atom is -0.456 e. The van der Waals surface area contributed by atoms with Crippen molar-refractivity contribution >= 4 is 53.4 Å². The summed E-state index contributed by atoms with van der Waals surface area (Å²) in [5, 5.41) is 4.56. The number of furan rings is 1. The highest BCUT2D eigenvalue weighted by molar-refractivity contribution is 7.26. The summed E-state index contributed by atoms with van der Waals surface area (Å²) < 4.78 is 8.88. The second-order valence-corrected chi connectivity index (χ2v) is 15.1. The highest BCUT2D eigenvalue weighted by Gasteiger charge is 2.19. The van der Waals surface area contributed by atoms with Gasteiger partial charge in [0, 0.05) is 47.6 Å². The van der Waals surface area contributed by atoms with Crippen molar-refractivity contribution in [1.82, 2.24) is 15.0 Å². The molecule has 0 radical (unpaired) electrons. The molecule has 3 aromatic heterocycles. The smallest absolute Gasteiger partial charge is 0.165 e. The summed E-state index contributed by atoms with van der Waals surface area (Å²) >= 11 is 1.77. The lowest BCUT2D eigenvalue weighted by Crippen LogP contribution is -2.00. The van der Waals surface area contributed by atoms with E-state index in [1.54, 1.807) is 11.3 Å². The zero-order valence-corrected chi connectivity index (χ0v) is 30.9. The Bertz CT molecular complexity index is 3180. The molecule has 0 spiro atoms. The summed E-state index contributed by atoms with van der Waals surface area (Å²) in [5.41, 5.74) is 11.1. The minimum atomic E-state index is 0.585. The van der Waals surface area contributed by atoms with Gasteiger partial charge < -0.3 is 4.42 Å². The molecule has 0 saturated carbocycles. The zero-order chi connectivity index (χ0) is 37.0. The lowest BCUT2D eigenvalue weighted by Gasteiger charge is -2.13. The van der Waals surface area contributed by atoms with Crippen molar-refractivity contribution in [2.75, 3.05) is 0 Å². The van der Waals surface area contributed by atoms with Crippen LogP contribution in [0.15, 0.2) is 192 Å². The number of rotatable bonds is 6.